The lowest BCUT2D eigenvalue weighted by Crippen LogP contribution is -2.16. The average Bonchev–Trinajstić information content (AvgIpc) is 2.68. The first kappa shape index (κ1) is 13.6. The molecule has 0 aliphatic heterocycles. The lowest BCUT2D eigenvalue weighted by Gasteiger charge is -2.03. The van der Waals surface area contributed by atoms with Gasteiger partial charge in [0.15, 0.2) is 6.61 Å². The fraction of sp³-hybridized carbons (Fsp3) is 0.545. The molecule has 0 unspecified atom stereocenters. The van der Waals surface area contributed by atoms with Gasteiger partial charge in [0.2, 0.25) is 0 Å². The zero-order chi connectivity index (χ0) is 12.8. The summed E-state index contributed by atoms with van der Waals surface area (Å²) in [6.07, 6.45) is 0.774. The van der Waals surface area contributed by atoms with Gasteiger partial charge in [0.25, 0.3) is 0 Å². The zero-order valence-corrected chi connectivity index (χ0v) is 10.9. The Balaban J connectivity index is 2.57. The minimum Gasteiger partial charge on any atom is -0.463 e. The number of aromatic nitrogens is 1. The van der Waals surface area contributed by atoms with Crippen LogP contribution in [0.5, 0.6) is 0 Å². The highest BCUT2D eigenvalue weighted by Gasteiger charge is 2.17. The number of nitrogens with zero attached hydrogens (tertiary/aromatic N) is 1. The molecular formula is C11H15NO4S. The number of rotatable bonds is 5. The van der Waals surface area contributed by atoms with Gasteiger partial charge in [-0.15, -0.1) is 11.3 Å². The van der Waals surface area contributed by atoms with Gasteiger partial charge in [0, 0.05) is 0 Å². The van der Waals surface area contributed by atoms with Gasteiger partial charge < -0.3 is 9.47 Å². The third-order valence-corrected chi connectivity index (χ3v) is 3.24. The van der Waals surface area contributed by atoms with Gasteiger partial charge in [-0.3, -0.25) is 0 Å². The van der Waals surface area contributed by atoms with Crippen molar-refractivity contribution < 1.29 is 19.1 Å². The van der Waals surface area contributed by atoms with Gasteiger partial charge in [0.05, 0.1) is 17.3 Å². The van der Waals surface area contributed by atoms with Crippen LogP contribution in [0, 0.1) is 6.92 Å². The molecule has 94 valence electrons. The van der Waals surface area contributed by atoms with E-state index in [-0.39, 0.29) is 13.2 Å². The van der Waals surface area contributed by atoms with Crippen molar-refractivity contribution in [3.63, 3.8) is 0 Å². The Hall–Kier alpha value is -1.43. The molecule has 0 aromatic carbocycles. The van der Waals surface area contributed by atoms with Gasteiger partial charge in [-0.2, -0.15) is 0 Å². The van der Waals surface area contributed by atoms with Crippen molar-refractivity contribution in [3.8, 4) is 0 Å². The van der Waals surface area contributed by atoms with E-state index in [1.54, 1.807) is 13.8 Å². The van der Waals surface area contributed by atoms with Crippen molar-refractivity contribution >= 4 is 23.3 Å². The summed E-state index contributed by atoms with van der Waals surface area (Å²) < 4.78 is 9.49. The minimum absolute atomic E-state index is 0.274. The van der Waals surface area contributed by atoms with Crippen molar-refractivity contribution in [1.82, 2.24) is 4.98 Å². The Kier molecular flexibility index (Phi) is 5.09. The maximum atomic E-state index is 11.6. The first-order valence-electron chi connectivity index (χ1n) is 5.37. The van der Waals surface area contributed by atoms with Gasteiger partial charge in [0.1, 0.15) is 4.88 Å². The second kappa shape index (κ2) is 6.34. The van der Waals surface area contributed by atoms with Crippen LogP contribution < -0.4 is 0 Å². The molecule has 0 aliphatic rings. The number of aryl methyl sites for hydroxylation is 2. The monoisotopic (exact) mass is 257 g/mol. The summed E-state index contributed by atoms with van der Waals surface area (Å²) >= 11 is 1.29. The molecule has 17 heavy (non-hydrogen) atoms. The van der Waals surface area contributed by atoms with E-state index in [2.05, 4.69) is 9.72 Å². The minimum atomic E-state index is -0.543. The summed E-state index contributed by atoms with van der Waals surface area (Å²) in [7, 11) is 0. The molecule has 0 fully saturated rings. The number of carbonyl (C=O) groups is 2. The largest absolute Gasteiger partial charge is 0.463 e. The molecule has 0 spiro atoms. The quantitative estimate of drug-likeness (QED) is 0.752. The summed E-state index contributed by atoms with van der Waals surface area (Å²) in [5.41, 5.74) is 0.640. The third kappa shape index (κ3) is 3.81. The SMILES string of the molecule is CCOC(=O)COC(=O)c1sc(CC)nc1C. The van der Waals surface area contributed by atoms with E-state index in [0.29, 0.717) is 10.6 Å². The highest BCUT2D eigenvalue weighted by molar-refractivity contribution is 7.13. The lowest BCUT2D eigenvalue weighted by molar-refractivity contribution is -0.146. The Labute approximate surface area is 104 Å². The molecule has 0 saturated heterocycles. The van der Waals surface area contributed by atoms with E-state index in [4.69, 9.17) is 4.74 Å². The summed E-state index contributed by atoms with van der Waals surface area (Å²) in [6.45, 7) is 5.32. The van der Waals surface area contributed by atoms with Gasteiger partial charge in [-0.05, 0) is 20.3 Å². The number of carbonyl (C=O) groups excluding carboxylic acids is 2. The van der Waals surface area contributed by atoms with Gasteiger partial charge >= 0.3 is 11.9 Å². The third-order valence-electron chi connectivity index (χ3n) is 1.96. The Bertz CT molecular complexity index is 414. The van der Waals surface area contributed by atoms with Crippen LogP contribution in [0.3, 0.4) is 0 Å². The molecule has 1 rings (SSSR count). The van der Waals surface area contributed by atoms with Crippen molar-refractivity contribution in [2.45, 2.75) is 27.2 Å². The maximum absolute atomic E-state index is 11.6. The number of hydrogen-bond donors (Lipinski definition) is 0. The zero-order valence-electron chi connectivity index (χ0n) is 10.1. The van der Waals surface area contributed by atoms with Crippen LogP contribution in [0.1, 0.15) is 34.2 Å². The molecule has 6 heteroatoms. The first-order valence-corrected chi connectivity index (χ1v) is 6.19. The Morgan fingerprint density at radius 1 is 1.29 bits per heavy atom. The van der Waals surface area contributed by atoms with Crippen molar-refractivity contribution in [2.24, 2.45) is 0 Å². The highest BCUT2D eigenvalue weighted by Crippen LogP contribution is 2.19. The van der Waals surface area contributed by atoms with Crippen molar-refractivity contribution in [3.05, 3.63) is 15.6 Å². The van der Waals surface area contributed by atoms with E-state index in [1.165, 1.54) is 11.3 Å². The fourth-order valence-electron chi connectivity index (χ4n) is 1.19. The number of esters is 2. The molecule has 5 nitrogen and oxygen atoms in total. The van der Waals surface area contributed by atoms with E-state index in [1.807, 2.05) is 6.92 Å². The molecule has 0 radical (unpaired) electrons. The second-order valence-corrected chi connectivity index (χ2v) is 4.34. The Morgan fingerprint density at radius 3 is 2.53 bits per heavy atom. The van der Waals surface area contributed by atoms with E-state index in [0.717, 1.165) is 11.4 Å². The molecule has 0 atom stereocenters. The highest BCUT2D eigenvalue weighted by atomic mass is 32.1. The smallest absolute Gasteiger partial charge is 0.350 e. The number of hydrogen-bond acceptors (Lipinski definition) is 6. The second-order valence-electron chi connectivity index (χ2n) is 3.26. The summed E-state index contributed by atoms with van der Waals surface area (Å²) in [6, 6.07) is 0. The van der Waals surface area contributed by atoms with Crippen molar-refractivity contribution in [1.29, 1.82) is 0 Å². The molecular weight excluding hydrogens is 242 g/mol. The first-order chi connectivity index (χ1) is 8.08. The van der Waals surface area contributed by atoms with E-state index >= 15 is 0 Å². The van der Waals surface area contributed by atoms with Crippen LogP contribution in [0.2, 0.25) is 0 Å². The lowest BCUT2D eigenvalue weighted by atomic mass is 10.4. The molecule has 0 N–H and O–H groups in total. The van der Waals surface area contributed by atoms with Gasteiger partial charge in [-0.1, -0.05) is 6.92 Å². The number of ether oxygens (including phenoxy) is 2. The molecule has 0 aliphatic carbocycles. The average molecular weight is 257 g/mol. The predicted octanol–water partition coefficient (Wildman–Crippen LogP) is 1.73. The Morgan fingerprint density at radius 2 is 2.00 bits per heavy atom. The fourth-order valence-corrected chi connectivity index (χ4v) is 2.08. The molecule has 1 aromatic rings. The van der Waals surface area contributed by atoms with Crippen LogP contribution in [-0.4, -0.2) is 30.1 Å². The van der Waals surface area contributed by atoms with Crippen LogP contribution in [-0.2, 0) is 20.7 Å². The molecule has 1 aromatic heterocycles. The van der Waals surface area contributed by atoms with Crippen LogP contribution >= 0.6 is 11.3 Å². The summed E-state index contributed by atoms with van der Waals surface area (Å²) in [5.74, 6) is -1.06. The molecule has 0 amide bonds. The van der Waals surface area contributed by atoms with Crippen molar-refractivity contribution in [2.75, 3.05) is 13.2 Å². The summed E-state index contributed by atoms with van der Waals surface area (Å²) in [5, 5.41) is 0.880. The standard InChI is InChI=1S/C11H15NO4S/c1-4-8-12-7(3)10(17-8)11(14)16-6-9(13)15-5-2/h4-6H2,1-3H3. The number of thiazole rings is 1. The molecule has 0 saturated carbocycles. The van der Waals surface area contributed by atoms with Crippen LogP contribution in [0.15, 0.2) is 0 Å². The van der Waals surface area contributed by atoms with Crippen LogP contribution in [0.4, 0.5) is 0 Å². The molecule has 0 bridgehead atoms. The van der Waals surface area contributed by atoms with Gasteiger partial charge in [-0.25, -0.2) is 14.6 Å². The molecule has 1 heterocycles. The topological polar surface area (TPSA) is 65.5 Å². The summed E-state index contributed by atoms with van der Waals surface area (Å²) in [4.78, 5) is 27.3. The van der Waals surface area contributed by atoms with E-state index in [9.17, 15) is 9.59 Å². The maximum Gasteiger partial charge on any atom is 0.350 e. The van der Waals surface area contributed by atoms with E-state index < -0.39 is 11.9 Å². The predicted molar refractivity (Wildman–Crippen MR) is 63.1 cm³/mol. The normalized spacial score (nSPS) is 10.1. The van der Waals surface area contributed by atoms with Crippen LogP contribution in [0.25, 0.3) is 0 Å².